The van der Waals surface area contributed by atoms with Crippen LogP contribution in [0, 0.1) is 0 Å². The average Bonchev–Trinajstić information content (AvgIpc) is 2.41. The molecule has 2 fully saturated rings. The van der Waals surface area contributed by atoms with Gasteiger partial charge in [-0.25, -0.2) is 0 Å². The van der Waals surface area contributed by atoms with Crippen LogP contribution in [0.1, 0.15) is 33.1 Å². The fourth-order valence-corrected chi connectivity index (χ4v) is 3.23. The molecule has 1 amide bonds. The third-order valence-corrected chi connectivity index (χ3v) is 4.31. The molecular weight excluding hydrogens is 242 g/mol. The van der Waals surface area contributed by atoms with Gasteiger partial charge in [-0.1, -0.05) is 6.42 Å². The standard InChI is InChI=1S/C14H27N3O2/c1-11(2)16-6-4-3-5-12(16)8-17-13(7-15)9-19-10-14(17)18/h11-13H,3-10,15H2,1-2H3. The summed E-state index contributed by atoms with van der Waals surface area (Å²) in [5.41, 5.74) is 5.77. The van der Waals surface area contributed by atoms with Gasteiger partial charge in [0.05, 0.1) is 12.6 Å². The first-order valence-electron chi connectivity index (χ1n) is 7.46. The molecule has 2 saturated heterocycles. The van der Waals surface area contributed by atoms with Crippen molar-refractivity contribution in [3.05, 3.63) is 0 Å². The topological polar surface area (TPSA) is 58.8 Å². The van der Waals surface area contributed by atoms with Gasteiger partial charge in [-0.3, -0.25) is 9.69 Å². The summed E-state index contributed by atoms with van der Waals surface area (Å²) in [5, 5.41) is 0. The number of morpholine rings is 1. The Bertz CT molecular complexity index is 309. The minimum absolute atomic E-state index is 0.0530. The van der Waals surface area contributed by atoms with Crippen LogP contribution in [-0.4, -0.2) is 66.7 Å². The largest absolute Gasteiger partial charge is 0.369 e. The Kier molecular flexibility index (Phi) is 5.19. The molecule has 19 heavy (non-hydrogen) atoms. The summed E-state index contributed by atoms with van der Waals surface area (Å²) in [7, 11) is 0. The molecule has 110 valence electrons. The van der Waals surface area contributed by atoms with E-state index in [1.807, 2.05) is 4.90 Å². The smallest absolute Gasteiger partial charge is 0.248 e. The normalized spacial score (nSPS) is 30.1. The van der Waals surface area contributed by atoms with E-state index in [0.29, 0.717) is 25.2 Å². The van der Waals surface area contributed by atoms with Crippen molar-refractivity contribution in [2.24, 2.45) is 5.73 Å². The maximum Gasteiger partial charge on any atom is 0.248 e. The molecule has 0 aromatic rings. The molecule has 0 spiro atoms. The molecule has 2 N–H and O–H groups in total. The lowest BCUT2D eigenvalue weighted by molar-refractivity contribution is -0.149. The lowest BCUT2D eigenvalue weighted by atomic mass is 9.99. The zero-order valence-corrected chi connectivity index (χ0v) is 12.2. The van der Waals surface area contributed by atoms with E-state index in [1.165, 1.54) is 19.3 Å². The van der Waals surface area contributed by atoms with Gasteiger partial charge in [0.25, 0.3) is 0 Å². The van der Waals surface area contributed by atoms with Gasteiger partial charge in [0.2, 0.25) is 5.91 Å². The van der Waals surface area contributed by atoms with Crippen molar-refractivity contribution in [2.75, 3.05) is 32.8 Å². The van der Waals surface area contributed by atoms with E-state index >= 15 is 0 Å². The molecule has 0 radical (unpaired) electrons. The molecule has 2 aliphatic rings. The maximum atomic E-state index is 12.0. The number of nitrogens with zero attached hydrogens (tertiary/aromatic N) is 2. The van der Waals surface area contributed by atoms with Gasteiger partial charge in [-0.05, 0) is 33.2 Å². The molecule has 2 heterocycles. The van der Waals surface area contributed by atoms with Gasteiger partial charge in [0.1, 0.15) is 6.61 Å². The predicted octanol–water partition coefficient (Wildman–Crippen LogP) is 0.435. The van der Waals surface area contributed by atoms with Crippen LogP contribution >= 0.6 is 0 Å². The van der Waals surface area contributed by atoms with Crippen LogP contribution in [0.15, 0.2) is 0 Å². The third kappa shape index (κ3) is 3.46. The van der Waals surface area contributed by atoms with Gasteiger partial charge in [0, 0.05) is 25.2 Å². The highest BCUT2D eigenvalue weighted by atomic mass is 16.5. The van der Waals surface area contributed by atoms with Crippen molar-refractivity contribution in [2.45, 2.75) is 51.2 Å². The lowest BCUT2D eigenvalue weighted by Crippen LogP contribution is -2.58. The highest BCUT2D eigenvalue weighted by Crippen LogP contribution is 2.22. The summed E-state index contributed by atoms with van der Waals surface area (Å²) in [6.45, 7) is 7.71. The Labute approximate surface area is 116 Å². The zero-order valence-electron chi connectivity index (χ0n) is 12.2. The Balaban J connectivity index is 2.02. The quantitative estimate of drug-likeness (QED) is 0.804. The summed E-state index contributed by atoms with van der Waals surface area (Å²) >= 11 is 0. The highest BCUT2D eigenvalue weighted by molar-refractivity contribution is 5.78. The van der Waals surface area contributed by atoms with E-state index in [4.69, 9.17) is 10.5 Å². The number of amides is 1. The highest BCUT2D eigenvalue weighted by Gasteiger charge is 2.33. The third-order valence-electron chi connectivity index (χ3n) is 4.31. The monoisotopic (exact) mass is 269 g/mol. The van der Waals surface area contributed by atoms with E-state index in [0.717, 1.165) is 13.1 Å². The number of carbonyl (C=O) groups excluding carboxylic acids is 1. The van der Waals surface area contributed by atoms with Crippen molar-refractivity contribution in [3.8, 4) is 0 Å². The van der Waals surface area contributed by atoms with Gasteiger partial charge >= 0.3 is 0 Å². The SMILES string of the molecule is CC(C)N1CCCCC1CN1C(=O)COCC1CN. The maximum absolute atomic E-state index is 12.0. The molecule has 0 bridgehead atoms. The second-order valence-corrected chi connectivity index (χ2v) is 5.93. The molecule has 5 nitrogen and oxygen atoms in total. The average molecular weight is 269 g/mol. The first-order chi connectivity index (χ1) is 9.13. The summed E-state index contributed by atoms with van der Waals surface area (Å²) in [4.78, 5) is 16.5. The van der Waals surface area contributed by atoms with Crippen molar-refractivity contribution >= 4 is 5.91 Å². The summed E-state index contributed by atoms with van der Waals surface area (Å²) in [5.74, 6) is 0.0935. The first-order valence-corrected chi connectivity index (χ1v) is 7.46. The summed E-state index contributed by atoms with van der Waals surface area (Å²) < 4.78 is 5.29. The number of ether oxygens (including phenoxy) is 1. The lowest BCUT2D eigenvalue weighted by Gasteiger charge is -2.44. The number of hydrogen-bond donors (Lipinski definition) is 1. The van der Waals surface area contributed by atoms with E-state index in [1.54, 1.807) is 0 Å². The van der Waals surface area contributed by atoms with Crippen LogP contribution in [0.3, 0.4) is 0 Å². The molecule has 0 aliphatic carbocycles. The molecule has 5 heteroatoms. The molecule has 2 unspecified atom stereocenters. The number of likely N-dealkylation sites (tertiary alicyclic amines) is 1. The minimum atomic E-state index is 0.0530. The predicted molar refractivity (Wildman–Crippen MR) is 74.9 cm³/mol. The minimum Gasteiger partial charge on any atom is -0.369 e. The van der Waals surface area contributed by atoms with Crippen molar-refractivity contribution in [3.63, 3.8) is 0 Å². The number of piperidine rings is 1. The van der Waals surface area contributed by atoms with E-state index < -0.39 is 0 Å². The van der Waals surface area contributed by atoms with Crippen molar-refractivity contribution in [1.82, 2.24) is 9.80 Å². The fourth-order valence-electron chi connectivity index (χ4n) is 3.23. The van der Waals surface area contributed by atoms with E-state index in [9.17, 15) is 4.79 Å². The molecule has 2 rings (SSSR count). The number of rotatable bonds is 4. The second kappa shape index (κ2) is 6.68. The number of carbonyl (C=O) groups is 1. The second-order valence-electron chi connectivity index (χ2n) is 5.93. The molecule has 2 aliphatic heterocycles. The van der Waals surface area contributed by atoms with Gasteiger partial charge in [-0.15, -0.1) is 0 Å². The van der Waals surface area contributed by atoms with Gasteiger partial charge < -0.3 is 15.4 Å². The summed E-state index contributed by atoms with van der Waals surface area (Å²) in [6.07, 6.45) is 3.71. The number of hydrogen-bond acceptors (Lipinski definition) is 4. The van der Waals surface area contributed by atoms with E-state index in [-0.39, 0.29) is 18.6 Å². The van der Waals surface area contributed by atoms with Crippen LogP contribution in [0.25, 0.3) is 0 Å². The van der Waals surface area contributed by atoms with Crippen LogP contribution < -0.4 is 5.73 Å². The van der Waals surface area contributed by atoms with Crippen LogP contribution in [0.2, 0.25) is 0 Å². The molecule has 0 aromatic heterocycles. The summed E-state index contributed by atoms with van der Waals surface area (Å²) in [6, 6.07) is 1.07. The van der Waals surface area contributed by atoms with Crippen LogP contribution in [0.4, 0.5) is 0 Å². The Hall–Kier alpha value is -0.650. The Morgan fingerprint density at radius 3 is 2.84 bits per heavy atom. The molecule has 2 atom stereocenters. The molecule has 0 saturated carbocycles. The van der Waals surface area contributed by atoms with Crippen molar-refractivity contribution < 1.29 is 9.53 Å². The van der Waals surface area contributed by atoms with Gasteiger partial charge in [0.15, 0.2) is 0 Å². The Morgan fingerprint density at radius 2 is 2.16 bits per heavy atom. The van der Waals surface area contributed by atoms with Crippen molar-refractivity contribution in [1.29, 1.82) is 0 Å². The van der Waals surface area contributed by atoms with Crippen LogP contribution in [0.5, 0.6) is 0 Å². The first kappa shape index (κ1) is 14.8. The molecule has 0 aromatic carbocycles. The molecular formula is C14H27N3O2. The fraction of sp³-hybridized carbons (Fsp3) is 0.929. The number of nitrogens with two attached hydrogens (primary N) is 1. The van der Waals surface area contributed by atoms with Crippen LogP contribution in [-0.2, 0) is 9.53 Å². The zero-order chi connectivity index (χ0) is 13.8. The van der Waals surface area contributed by atoms with E-state index in [2.05, 4.69) is 18.7 Å². The Morgan fingerprint density at radius 1 is 1.37 bits per heavy atom. The van der Waals surface area contributed by atoms with Gasteiger partial charge in [-0.2, -0.15) is 0 Å².